The van der Waals surface area contributed by atoms with Gasteiger partial charge in [-0.05, 0) is 18.2 Å². The Hall–Kier alpha value is -2.90. The van der Waals surface area contributed by atoms with E-state index < -0.39 is 0 Å². The Morgan fingerprint density at radius 3 is 2.85 bits per heavy atom. The monoisotopic (exact) mass is 356 g/mol. The van der Waals surface area contributed by atoms with Gasteiger partial charge in [0.15, 0.2) is 0 Å². The summed E-state index contributed by atoms with van der Waals surface area (Å²) >= 11 is 0. The number of nitrogens with zero attached hydrogens (tertiary/aromatic N) is 4. The molecular formula is C18H24N6O2. The number of nitrogens with one attached hydrogen (secondary N) is 2. The Bertz CT molecular complexity index is 814. The third-order valence-electron chi connectivity index (χ3n) is 4.37. The van der Waals surface area contributed by atoms with E-state index in [1.807, 2.05) is 29.5 Å². The van der Waals surface area contributed by atoms with Crippen molar-refractivity contribution in [2.45, 2.75) is 33.5 Å². The number of pyridine rings is 1. The van der Waals surface area contributed by atoms with Crippen molar-refractivity contribution in [3.63, 3.8) is 0 Å². The molecule has 0 saturated heterocycles. The summed E-state index contributed by atoms with van der Waals surface area (Å²) in [6, 6.07) is 5.45. The fourth-order valence-electron chi connectivity index (χ4n) is 3.00. The Labute approximate surface area is 152 Å². The van der Waals surface area contributed by atoms with Crippen LogP contribution in [0.2, 0.25) is 0 Å². The normalized spacial score (nSPS) is 13.5. The predicted octanol–water partition coefficient (Wildman–Crippen LogP) is 1.25. The lowest BCUT2D eigenvalue weighted by atomic mass is 10.1. The predicted molar refractivity (Wildman–Crippen MR) is 97.4 cm³/mol. The molecule has 2 amide bonds. The molecule has 2 aromatic heterocycles. The van der Waals surface area contributed by atoms with Crippen LogP contribution in [0.5, 0.6) is 0 Å². The van der Waals surface area contributed by atoms with E-state index >= 15 is 0 Å². The van der Waals surface area contributed by atoms with Crippen LogP contribution in [0.15, 0.2) is 24.4 Å². The molecular weight excluding hydrogens is 332 g/mol. The first-order chi connectivity index (χ1) is 12.5. The molecule has 0 fully saturated rings. The molecule has 3 rings (SSSR count). The van der Waals surface area contributed by atoms with E-state index in [0.717, 1.165) is 11.4 Å². The molecule has 2 N–H and O–H groups in total. The first kappa shape index (κ1) is 17.9. The van der Waals surface area contributed by atoms with Crippen LogP contribution >= 0.6 is 0 Å². The largest absolute Gasteiger partial charge is 0.364 e. The number of anilines is 1. The number of hydrogen-bond donors (Lipinski definition) is 2. The van der Waals surface area contributed by atoms with E-state index in [0.29, 0.717) is 37.6 Å². The van der Waals surface area contributed by atoms with Gasteiger partial charge in [-0.2, -0.15) is 5.10 Å². The zero-order chi connectivity index (χ0) is 18.7. The first-order valence-corrected chi connectivity index (χ1v) is 8.75. The van der Waals surface area contributed by atoms with Gasteiger partial charge in [0.25, 0.3) is 5.91 Å². The highest BCUT2D eigenvalue weighted by Crippen LogP contribution is 2.17. The molecule has 3 heterocycles. The summed E-state index contributed by atoms with van der Waals surface area (Å²) in [5.74, 6) is 0.501. The van der Waals surface area contributed by atoms with E-state index in [1.165, 1.54) is 0 Å². The first-order valence-electron chi connectivity index (χ1n) is 8.75. The van der Waals surface area contributed by atoms with Gasteiger partial charge in [0.05, 0.1) is 36.6 Å². The van der Waals surface area contributed by atoms with Crippen molar-refractivity contribution < 1.29 is 9.59 Å². The second-order valence-corrected chi connectivity index (χ2v) is 6.60. The Kier molecular flexibility index (Phi) is 5.20. The molecule has 26 heavy (non-hydrogen) atoms. The summed E-state index contributed by atoms with van der Waals surface area (Å²) < 4.78 is 1.94. The second-order valence-electron chi connectivity index (χ2n) is 6.60. The molecule has 0 atom stereocenters. The Morgan fingerprint density at radius 2 is 2.12 bits per heavy atom. The van der Waals surface area contributed by atoms with Gasteiger partial charge in [0.2, 0.25) is 5.91 Å². The average molecular weight is 356 g/mol. The zero-order valence-corrected chi connectivity index (χ0v) is 15.3. The van der Waals surface area contributed by atoms with Gasteiger partial charge in [-0.15, -0.1) is 0 Å². The number of aromatic nitrogens is 3. The minimum absolute atomic E-state index is 0.00195. The maximum absolute atomic E-state index is 12.2. The Morgan fingerprint density at radius 1 is 1.31 bits per heavy atom. The van der Waals surface area contributed by atoms with E-state index in [-0.39, 0.29) is 17.7 Å². The molecule has 0 bridgehead atoms. The lowest BCUT2D eigenvalue weighted by Gasteiger charge is -2.29. The summed E-state index contributed by atoms with van der Waals surface area (Å²) in [4.78, 5) is 30.2. The van der Waals surface area contributed by atoms with Gasteiger partial charge >= 0.3 is 0 Å². The smallest absolute Gasteiger partial charge is 0.254 e. The van der Waals surface area contributed by atoms with Crippen LogP contribution in [-0.2, 0) is 24.4 Å². The van der Waals surface area contributed by atoms with Crippen LogP contribution in [0, 0.1) is 5.92 Å². The van der Waals surface area contributed by atoms with E-state index in [1.54, 1.807) is 25.4 Å². The van der Waals surface area contributed by atoms with Crippen LogP contribution in [0.4, 0.5) is 5.82 Å². The highest BCUT2D eigenvalue weighted by Gasteiger charge is 2.24. The van der Waals surface area contributed by atoms with Crippen molar-refractivity contribution in [1.82, 2.24) is 25.0 Å². The van der Waals surface area contributed by atoms with Crippen molar-refractivity contribution >= 4 is 17.6 Å². The van der Waals surface area contributed by atoms with Gasteiger partial charge in [0.1, 0.15) is 5.82 Å². The maximum Gasteiger partial charge on any atom is 0.254 e. The molecule has 0 saturated carbocycles. The van der Waals surface area contributed by atoms with Crippen LogP contribution < -0.4 is 10.6 Å². The van der Waals surface area contributed by atoms with E-state index in [9.17, 15) is 9.59 Å². The third-order valence-corrected chi connectivity index (χ3v) is 4.37. The molecule has 1 aliphatic heterocycles. The van der Waals surface area contributed by atoms with Gasteiger partial charge < -0.3 is 15.5 Å². The van der Waals surface area contributed by atoms with Crippen LogP contribution in [0.1, 0.15) is 35.6 Å². The molecule has 0 spiro atoms. The molecule has 0 radical (unpaired) electrons. The number of amides is 2. The minimum Gasteiger partial charge on any atom is -0.364 e. The van der Waals surface area contributed by atoms with Gasteiger partial charge in [-0.25, -0.2) is 4.98 Å². The molecule has 0 aliphatic carbocycles. The summed E-state index contributed by atoms with van der Waals surface area (Å²) in [5, 5.41) is 10.4. The van der Waals surface area contributed by atoms with Crippen molar-refractivity contribution in [3.05, 3.63) is 41.3 Å². The van der Waals surface area contributed by atoms with Gasteiger partial charge in [-0.1, -0.05) is 13.8 Å². The average Bonchev–Trinajstić information content (AvgIpc) is 3.07. The molecule has 0 unspecified atom stereocenters. The van der Waals surface area contributed by atoms with Crippen molar-refractivity contribution in [2.24, 2.45) is 5.92 Å². The lowest BCUT2D eigenvalue weighted by Crippen LogP contribution is -2.40. The third kappa shape index (κ3) is 3.68. The van der Waals surface area contributed by atoms with Crippen molar-refractivity contribution in [3.8, 4) is 0 Å². The number of fused-ring (bicyclic) bond motifs is 1. The SMILES string of the molecule is CNC(=O)c1cccnc1NCc1cc2n(n1)CCN(C(=O)C(C)C)C2. The number of hydrogen-bond acceptors (Lipinski definition) is 5. The number of rotatable bonds is 5. The summed E-state index contributed by atoms with van der Waals surface area (Å²) in [7, 11) is 1.59. The molecule has 8 nitrogen and oxygen atoms in total. The molecule has 1 aliphatic rings. The number of carbonyl (C=O) groups excluding carboxylic acids is 2. The fourth-order valence-corrected chi connectivity index (χ4v) is 3.00. The molecule has 8 heteroatoms. The Balaban J connectivity index is 1.69. The fraction of sp³-hybridized carbons (Fsp3) is 0.444. The topological polar surface area (TPSA) is 92.2 Å². The highest BCUT2D eigenvalue weighted by atomic mass is 16.2. The summed E-state index contributed by atoms with van der Waals surface area (Å²) in [5.41, 5.74) is 2.37. The number of carbonyl (C=O) groups is 2. The maximum atomic E-state index is 12.2. The summed E-state index contributed by atoms with van der Waals surface area (Å²) in [6.07, 6.45) is 1.64. The summed E-state index contributed by atoms with van der Waals surface area (Å²) in [6.45, 7) is 6.25. The lowest BCUT2D eigenvalue weighted by molar-refractivity contribution is -0.136. The van der Waals surface area contributed by atoms with Crippen LogP contribution in [0.25, 0.3) is 0 Å². The van der Waals surface area contributed by atoms with E-state index in [2.05, 4.69) is 20.7 Å². The minimum atomic E-state index is -0.187. The molecule has 138 valence electrons. The second kappa shape index (κ2) is 7.55. The van der Waals surface area contributed by atoms with Crippen molar-refractivity contribution in [2.75, 3.05) is 18.9 Å². The molecule has 2 aromatic rings. The quantitative estimate of drug-likeness (QED) is 0.841. The molecule has 0 aromatic carbocycles. The van der Waals surface area contributed by atoms with Crippen molar-refractivity contribution in [1.29, 1.82) is 0 Å². The zero-order valence-electron chi connectivity index (χ0n) is 15.3. The standard InChI is InChI=1S/C18H24N6O2/c1-12(2)18(26)23-7-8-24-14(11-23)9-13(22-24)10-21-16-15(17(25)19-3)5-4-6-20-16/h4-6,9,12H,7-8,10-11H2,1-3H3,(H,19,25)(H,20,21). The van der Waals surface area contributed by atoms with Gasteiger partial charge in [0, 0.05) is 25.7 Å². The van der Waals surface area contributed by atoms with Gasteiger partial charge in [-0.3, -0.25) is 14.3 Å². The van der Waals surface area contributed by atoms with E-state index in [4.69, 9.17) is 0 Å². The van der Waals surface area contributed by atoms with Crippen LogP contribution in [0.3, 0.4) is 0 Å². The highest BCUT2D eigenvalue weighted by molar-refractivity contribution is 5.98. The van der Waals surface area contributed by atoms with Crippen LogP contribution in [-0.4, -0.2) is 45.1 Å².